The second-order valence-electron chi connectivity index (χ2n) is 30.8. The van der Waals surface area contributed by atoms with Crippen molar-refractivity contribution in [3.05, 3.63) is 107 Å². The van der Waals surface area contributed by atoms with E-state index in [-0.39, 0.29) is 111 Å². The van der Waals surface area contributed by atoms with Crippen molar-refractivity contribution in [3.8, 4) is 11.8 Å². The van der Waals surface area contributed by atoms with Crippen molar-refractivity contribution >= 4 is 52.7 Å². The molecule has 0 amide bonds. The Morgan fingerprint density at radius 1 is 0.848 bits per heavy atom. The molecule has 0 spiro atoms. The molecule has 0 aliphatic heterocycles. The Labute approximate surface area is 575 Å². The largest absolute Gasteiger partial charge is 1.00 e. The average Bonchev–Trinajstić information content (AvgIpc) is 1.29. The number of ether oxygens (including phenoxy) is 2. The third kappa shape index (κ3) is 14.1. The summed E-state index contributed by atoms with van der Waals surface area (Å²) >= 11 is 0. The fourth-order valence-electron chi connectivity index (χ4n) is 19.5. The standard InChI is InChI=1S/C31H48O6.C24H31FO6.C21H25N.ClH.Na/c1-17(2)9-8-10-20(28(35)36)26-22-15-24(34)27-29(5)13-12-23(33)18(3)21(29)11-14-30(27,6)31(22,7)16-25(26)37-19(4)32;1-13-9-18-17-6-5-15-10-16(27)7-8-21(15,3)23(17,25)19(28)11-22(18,4)24(13,30)20(29)12-31-14(2)26;1-21(2,3)15-8-5-9-16-22(4)17-19-13-10-12-18-11-6-7-14-20(18)19;;/h9,18,21-25,27,33-34H,8,10-16H2,1-7H3,(H,35,36);7-8,10,13,17-19,28,30H,5-6,9,11-12H2,1-4H3;5-7,9-14H,16-17H2,1-4H3;1H;/q;;;;+1/p-1/b26-20-;;9-5+;;/t18-,21-,22-,23+,24+,25-,27-,29-,30-,31-;13-,17+,18+,19+,21+,22+,23+,24+;;;/m01.../s1. The van der Waals surface area contributed by atoms with Crippen molar-refractivity contribution < 1.29 is 92.9 Å². The van der Waals surface area contributed by atoms with Gasteiger partial charge in [-0.05, 0) is 223 Å². The van der Waals surface area contributed by atoms with Gasteiger partial charge in [0.25, 0.3) is 0 Å². The van der Waals surface area contributed by atoms with Gasteiger partial charge in [0.15, 0.2) is 18.1 Å². The molecule has 500 valence electrons. The molecule has 7 saturated carbocycles. The van der Waals surface area contributed by atoms with E-state index in [1.165, 1.54) is 42.3 Å². The molecule has 0 radical (unpaired) electrons. The number of nitrogens with zero attached hydrogens (tertiary/aromatic N) is 1. The quantitative estimate of drug-likeness (QED) is 0.0514. The van der Waals surface area contributed by atoms with Gasteiger partial charge in [0.2, 0.25) is 5.78 Å². The molecule has 0 saturated heterocycles. The van der Waals surface area contributed by atoms with Gasteiger partial charge in [0.05, 0.1) is 24.3 Å². The number of esters is 2. The molecule has 0 heterocycles. The van der Waals surface area contributed by atoms with Crippen LogP contribution in [0.4, 0.5) is 4.39 Å². The van der Waals surface area contributed by atoms with Crippen LogP contribution in [0.3, 0.4) is 0 Å². The Hall–Kier alpha value is -4.27. The van der Waals surface area contributed by atoms with Crippen LogP contribution in [0.15, 0.2) is 101 Å². The van der Waals surface area contributed by atoms with Crippen LogP contribution in [0.25, 0.3) is 10.8 Å². The first kappa shape index (κ1) is 76.7. The Bertz CT molecular complexity index is 3310. The normalized spacial score (nSPS) is 37.7. The van der Waals surface area contributed by atoms with Gasteiger partial charge in [-0.2, -0.15) is 0 Å². The molecule has 92 heavy (non-hydrogen) atoms. The van der Waals surface area contributed by atoms with Gasteiger partial charge in [0, 0.05) is 49.1 Å². The molecule has 8 aliphatic rings. The van der Waals surface area contributed by atoms with E-state index in [0.29, 0.717) is 62.0 Å². The van der Waals surface area contributed by atoms with Gasteiger partial charge in [-0.1, -0.05) is 125 Å². The van der Waals surface area contributed by atoms with Crippen LogP contribution in [0.2, 0.25) is 0 Å². The molecule has 0 unspecified atom stereocenters. The van der Waals surface area contributed by atoms with Crippen molar-refractivity contribution in [2.75, 3.05) is 20.2 Å². The number of alkyl halides is 1. The number of Topliss-reactive ketones (excluding diaryl/α,β-unsaturated/α-hetero) is 1. The summed E-state index contributed by atoms with van der Waals surface area (Å²) in [4.78, 5) is 63.2. The number of fused-ring (bicyclic) bond motifs is 11. The summed E-state index contributed by atoms with van der Waals surface area (Å²) in [5.74, 6) is 2.27. The number of carbonyl (C=O) groups excluding carboxylic acids is 5. The number of hydrogen-bond acceptors (Lipinski definition) is 13. The van der Waals surface area contributed by atoms with E-state index in [2.05, 4.69) is 121 Å². The monoisotopic (exact) mass is 1300 g/mol. The number of benzene rings is 2. The number of aliphatic hydroxyl groups excluding tert-OH is 3. The second-order valence-corrected chi connectivity index (χ2v) is 30.8. The number of carboxylic acid groups (broad SMARTS) is 1. The fraction of sp³-hybridized carbons (Fsp3) is 0.645. The molecule has 0 aromatic heterocycles. The number of carbonyl (C=O) groups is 5. The van der Waals surface area contributed by atoms with E-state index in [9.17, 15) is 49.5 Å². The first-order valence-electron chi connectivity index (χ1n) is 33.1. The Kier molecular flexibility index (Phi) is 24.4. The van der Waals surface area contributed by atoms with Gasteiger partial charge < -0.3 is 39.8 Å². The summed E-state index contributed by atoms with van der Waals surface area (Å²) in [5.41, 5.74) is -2.57. The van der Waals surface area contributed by atoms with Gasteiger partial charge >= 0.3 is 41.5 Å². The molecular formula is C76H104ClFNNaO12. The molecule has 7 fully saturated rings. The van der Waals surface area contributed by atoms with E-state index < -0.39 is 82.5 Å². The van der Waals surface area contributed by atoms with Crippen LogP contribution < -0.4 is 34.7 Å². The van der Waals surface area contributed by atoms with Crippen LogP contribution >= 0.6 is 12.4 Å². The fourth-order valence-corrected chi connectivity index (χ4v) is 19.5. The molecule has 4 N–H and O–H groups in total. The van der Waals surface area contributed by atoms with E-state index in [1.807, 2.05) is 26.0 Å². The Morgan fingerprint density at radius 3 is 2.16 bits per heavy atom. The van der Waals surface area contributed by atoms with E-state index >= 15 is 4.39 Å². The van der Waals surface area contributed by atoms with Crippen molar-refractivity contribution in [3.63, 3.8) is 0 Å². The summed E-state index contributed by atoms with van der Waals surface area (Å²) in [6.45, 7) is 28.5. The molecule has 16 heteroatoms. The van der Waals surface area contributed by atoms with Gasteiger partial charge in [0.1, 0.15) is 11.7 Å². The first-order valence-corrected chi connectivity index (χ1v) is 33.1. The molecule has 2 aromatic carbocycles. The second kappa shape index (κ2) is 29.2. The van der Waals surface area contributed by atoms with Crippen LogP contribution in [-0.2, 0) is 40.0 Å². The van der Waals surface area contributed by atoms with Gasteiger partial charge in [-0.25, -0.2) is 4.39 Å². The maximum Gasteiger partial charge on any atom is 1.00 e. The van der Waals surface area contributed by atoms with Crippen LogP contribution in [0.1, 0.15) is 180 Å². The predicted molar refractivity (Wildman–Crippen MR) is 353 cm³/mol. The predicted octanol–water partition coefficient (Wildman–Crippen LogP) is 9.10. The minimum atomic E-state index is -2.01. The van der Waals surface area contributed by atoms with Crippen LogP contribution in [0.5, 0.6) is 0 Å². The number of allylic oxidation sites excluding steroid dienone is 7. The number of rotatable bonds is 12. The molecular weight excluding hydrogens is 1200 g/mol. The minimum absolute atomic E-state index is 0. The SMILES string of the molecule is CC(=O)OCC(=O)[C@@]1(O)[C@H](C)C[C@H]2[C@@H]3CCC4=CC(=O)C=C[C@]4(C)[C@@]3(F)[C@@H](O)C[C@@]21C.CC(=O)O[C@H]1C[C@@]2(C)[C@@H](C[C@@H](O)[C@H]3[C@@]4(C)CC[C@@H](O)[C@@H](C)[C@@H]4CC[C@@]32C)/C1=C(\CCC=C(C)C)C(=O)[O-].CN(C/C=C/C#CC(C)(C)C)Cc1cccc2ccccc12.Cl.[Na+]. The van der Waals surface area contributed by atoms with Crippen molar-refractivity contribution in [1.29, 1.82) is 0 Å². The first-order chi connectivity index (χ1) is 41.9. The third-order valence-corrected chi connectivity index (χ3v) is 24.0. The molecule has 13 nitrogen and oxygen atoms in total. The van der Waals surface area contributed by atoms with E-state index in [1.54, 1.807) is 26.8 Å². The molecule has 2 aromatic rings. The number of halogens is 2. The molecule has 18 atom stereocenters. The van der Waals surface area contributed by atoms with Crippen molar-refractivity contribution in [1.82, 2.24) is 4.90 Å². The Balaban J connectivity index is 0.000000224. The molecule has 0 bridgehead atoms. The molecule has 8 aliphatic carbocycles. The Morgan fingerprint density at radius 2 is 1.52 bits per heavy atom. The number of ketones is 2. The maximum atomic E-state index is 17.0. The number of carboxylic acids is 1. The summed E-state index contributed by atoms with van der Waals surface area (Å²) in [7, 11) is 2.14. The van der Waals surface area contributed by atoms with Crippen LogP contribution in [0, 0.1) is 85.8 Å². The van der Waals surface area contributed by atoms with E-state index in [0.717, 1.165) is 44.3 Å². The van der Waals surface area contributed by atoms with Crippen LogP contribution in [-0.4, -0.2) is 111 Å². The van der Waals surface area contributed by atoms with Gasteiger partial charge in [-0.3, -0.25) is 24.1 Å². The average molecular weight is 1300 g/mol. The van der Waals surface area contributed by atoms with Crippen molar-refractivity contribution in [2.24, 2.45) is 73.9 Å². The summed E-state index contributed by atoms with van der Waals surface area (Å²) in [5, 5.41) is 60.6. The summed E-state index contributed by atoms with van der Waals surface area (Å²) in [6.07, 6.45) is 14.3. The van der Waals surface area contributed by atoms with E-state index in [4.69, 9.17) is 9.47 Å². The zero-order chi connectivity index (χ0) is 66.5. The molecule has 10 rings (SSSR count). The summed E-state index contributed by atoms with van der Waals surface area (Å²) in [6, 6.07) is 15.1. The third-order valence-electron chi connectivity index (χ3n) is 24.0. The minimum Gasteiger partial charge on any atom is -0.545 e. The van der Waals surface area contributed by atoms with Gasteiger partial charge in [-0.15, -0.1) is 12.4 Å². The zero-order valence-electron chi connectivity index (χ0n) is 57.8. The van der Waals surface area contributed by atoms with Crippen molar-refractivity contribution in [2.45, 2.75) is 216 Å². The smallest absolute Gasteiger partial charge is 0.545 e. The summed E-state index contributed by atoms with van der Waals surface area (Å²) < 4.78 is 27.7. The number of hydrogen-bond donors (Lipinski definition) is 4. The number of aliphatic carboxylic acids is 1. The number of aliphatic hydroxyl groups is 4. The number of likely N-dealkylation sites (N-methyl/N-ethyl adjacent to an activating group) is 1. The zero-order valence-corrected chi connectivity index (χ0v) is 60.6. The topological polar surface area (TPSA) is 211 Å². The maximum absolute atomic E-state index is 17.0.